The largest absolute Gasteiger partial charge is 0.375 e. The van der Waals surface area contributed by atoms with Crippen LogP contribution >= 0.6 is 0 Å². The Balaban J connectivity index is 2.76. The second-order valence-corrected chi connectivity index (χ2v) is 2.30. The molecule has 0 amide bonds. The molecule has 0 saturated carbocycles. The van der Waals surface area contributed by atoms with Gasteiger partial charge in [-0.15, -0.1) is 0 Å². The summed E-state index contributed by atoms with van der Waals surface area (Å²) in [5.74, 6) is 1.99. The quantitative estimate of drug-likeness (QED) is 0.625. The Kier molecular flexibility index (Phi) is 2.31. The maximum absolute atomic E-state index is 4.24. The normalized spacial score (nSPS) is 17.1. The molecule has 0 aromatic carbocycles. The highest BCUT2D eigenvalue weighted by Gasteiger charge is 2.09. The smallest absolute Gasteiger partial charge is 0.128 e. The zero-order valence-corrected chi connectivity index (χ0v) is 6.96. The predicted octanol–water partition coefficient (Wildman–Crippen LogP) is 0.577. The first-order chi connectivity index (χ1) is 5.29. The molecule has 3 nitrogen and oxygen atoms in total. The highest BCUT2D eigenvalue weighted by Crippen LogP contribution is 2.04. The molecule has 3 heteroatoms. The minimum Gasteiger partial charge on any atom is -0.375 e. The van der Waals surface area contributed by atoms with Crippen molar-refractivity contribution in [2.75, 3.05) is 20.6 Å². The molecular formula is C8H13N3. The monoisotopic (exact) mass is 151 g/mol. The lowest BCUT2D eigenvalue weighted by atomic mass is 10.4. The van der Waals surface area contributed by atoms with E-state index in [1.54, 1.807) is 6.08 Å². The Morgan fingerprint density at radius 1 is 1.82 bits per heavy atom. The first-order valence-electron chi connectivity index (χ1n) is 3.58. The lowest BCUT2D eigenvalue weighted by Crippen LogP contribution is -2.33. The number of hydrogen-bond acceptors (Lipinski definition) is 3. The molecule has 1 aliphatic rings. The summed E-state index contributed by atoms with van der Waals surface area (Å²) in [5, 5.41) is 3.08. The molecule has 1 heterocycles. The highest BCUT2D eigenvalue weighted by molar-refractivity contribution is 5.94. The molecule has 0 bridgehead atoms. The standard InChI is InChI=1S/C8H13N3/c1-4-7-10-6-5-8(9-2)11(7)3/h4-5,9H,1,6H2,2-3H3. The van der Waals surface area contributed by atoms with Gasteiger partial charge in [0.15, 0.2) is 0 Å². The number of likely N-dealkylation sites (N-methyl/N-ethyl adjacent to an activating group) is 1. The van der Waals surface area contributed by atoms with Gasteiger partial charge in [-0.2, -0.15) is 0 Å². The molecule has 0 aliphatic carbocycles. The molecule has 0 atom stereocenters. The maximum Gasteiger partial charge on any atom is 0.128 e. The van der Waals surface area contributed by atoms with Crippen molar-refractivity contribution >= 4 is 5.84 Å². The summed E-state index contributed by atoms with van der Waals surface area (Å²) >= 11 is 0. The molecule has 1 N–H and O–H groups in total. The van der Waals surface area contributed by atoms with Crippen LogP contribution in [0.3, 0.4) is 0 Å². The molecule has 11 heavy (non-hydrogen) atoms. The lowest BCUT2D eigenvalue weighted by molar-refractivity contribution is 0.561. The van der Waals surface area contributed by atoms with Crippen LogP contribution in [0.5, 0.6) is 0 Å². The van der Waals surface area contributed by atoms with Crippen LogP contribution < -0.4 is 5.32 Å². The average molecular weight is 151 g/mol. The minimum atomic E-state index is 0.738. The molecule has 1 aliphatic heterocycles. The van der Waals surface area contributed by atoms with Crippen LogP contribution in [0, 0.1) is 0 Å². The van der Waals surface area contributed by atoms with Crippen LogP contribution in [0.2, 0.25) is 0 Å². The summed E-state index contributed by atoms with van der Waals surface area (Å²) in [5.41, 5.74) is 0. The summed E-state index contributed by atoms with van der Waals surface area (Å²) in [7, 11) is 3.86. The predicted molar refractivity (Wildman–Crippen MR) is 47.4 cm³/mol. The van der Waals surface area contributed by atoms with Gasteiger partial charge in [0.05, 0.1) is 6.54 Å². The second kappa shape index (κ2) is 3.23. The van der Waals surface area contributed by atoms with E-state index in [1.807, 2.05) is 25.1 Å². The Bertz CT molecular complexity index is 215. The van der Waals surface area contributed by atoms with E-state index in [0.717, 1.165) is 18.2 Å². The van der Waals surface area contributed by atoms with Gasteiger partial charge in [-0.05, 0) is 12.2 Å². The zero-order chi connectivity index (χ0) is 8.27. The molecule has 0 radical (unpaired) electrons. The lowest BCUT2D eigenvalue weighted by Gasteiger charge is -2.24. The van der Waals surface area contributed by atoms with E-state index < -0.39 is 0 Å². The fraction of sp³-hybridized carbons (Fsp3) is 0.375. The van der Waals surface area contributed by atoms with Crippen LogP contribution in [-0.2, 0) is 0 Å². The van der Waals surface area contributed by atoms with E-state index in [0.29, 0.717) is 0 Å². The van der Waals surface area contributed by atoms with E-state index in [1.165, 1.54) is 0 Å². The second-order valence-electron chi connectivity index (χ2n) is 2.30. The molecule has 0 unspecified atom stereocenters. The van der Waals surface area contributed by atoms with Gasteiger partial charge in [0.1, 0.15) is 11.7 Å². The molecule has 0 aromatic rings. The Morgan fingerprint density at radius 2 is 2.55 bits per heavy atom. The Labute approximate surface area is 67.1 Å². The van der Waals surface area contributed by atoms with Crippen LogP contribution in [0.25, 0.3) is 0 Å². The van der Waals surface area contributed by atoms with Gasteiger partial charge in [-0.1, -0.05) is 6.58 Å². The maximum atomic E-state index is 4.24. The van der Waals surface area contributed by atoms with Gasteiger partial charge >= 0.3 is 0 Å². The number of aliphatic imine (C=N–C) groups is 1. The summed E-state index contributed by atoms with van der Waals surface area (Å²) in [6, 6.07) is 0. The van der Waals surface area contributed by atoms with Crippen molar-refractivity contribution in [3.63, 3.8) is 0 Å². The summed E-state index contributed by atoms with van der Waals surface area (Å²) in [6.45, 7) is 4.41. The summed E-state index contributed by atoms with van der Waals surface area (Å²) in [6.07, 6.45) is 3.79. The minimum absolute atomic E-state index is 0.738. The van der Waals surface area contributed by atoms with Gasteiger partial charge in [0.25, 0.3) is 0 Å². The van der Waals surface area contributed by atoms with Crippen molar-refractivity contribution < 1.29 is 0 Å². The van der Waals surface area contributed by atoms with E-state index in [9.17, 15) is 0 Å². The van der Waals surface area contributed by atoms with Crippen molar-refractivity contribution in [3.8, 4) is 0 Å². The molecular weight excluding hydrogens is 138 g/mol. The third-order valence-electron chi connectivity index (χ3n) is 1.68. The third kappa shape index (κ3) is 1.42. The van der Waals surface area contributed by atoms with E-state index in [-0.39, 0.29) is 0 Å². The number of hydrogen-bond donors (Lipinski definition) is 1. The number of amidine groups is 1. The Morgan fingerprint density at radius 3 is 3.09 bits per heavy atom. The first-order valence-corrected chi connectivity index (χ1v) is 3.58. The molecule has 60 valence electrons. The van der Waals surface area contributed by atoms with Gasteiger partial charge in [-0.25, -0.2) is 0 Å². The summed E-state index contributed by atoms with van der Waals surface area (Å²) < 4.78 is 0. The molecule has 0 fully saturated rings. The topological polar surface area (TPSA) is 27.6 Å². The van der Waals surface area contributed by atoms with Gasteiger partial charge in [0.2, 0.25) is 0 Å². The highest BCUT2D eigenvalue weighted by atomic mass is 15.3. The van der Waals surface area contributed by atoms with E-state index >= 15 is 0 Å². The van der Waals surface area contributed by atoms with Crippen LogP contribution in [0.15, 0.2) is 29.5 Å². The number of nitrogens with one attached hydrogen (secondary N) is 1. The van der Waals surface area contributed by atoms with Gasteiger partial charge in [0, 0.05) is 14.1 Å². The van der Waals surface area contributed by atoms with E-state index in [4.69, 9.17) is 0 Å². The molecule has 0 saturated heterocycles. The zero-order valence-electron chi connectivity index (χ0n) is 6.96. The van der Waals surface area contributed by atoms with Crippen molar-refractivity contribution in [1.82, 2.24) is 10.2 Å². The van der Waals surface area contributed by atoms with Crippen LogP contribution in [0.1, 0.15) is 0 Å². The summed E-state index contributed by atoms with van der Waals surface area (Å²) in [4.78, 5) is 6.20. The van der Waals surface area contributed by atoms with Crippen molar-refractivity contribution in [1.29, 1.82) is 0 Å². The van der Waals surface area contributed by atoms with E-state index in [2.05, 4.69) is 16.9 Å². The van der Waals surface area contributed by atoms with Crippen molar-refractivity contribution in [2.45, 2.75) is 0 Å². The van der Waals surface area contributed by atoms with Gasteiger partial charge in [-0.3, -0.25) is 4.99 Å². The fourth-order valence-electron chi connectivity index (χ4n) is 1.06. The SMILES string of the molecule is C=CC1=NCC=C(NC)N1C. The average Bonchev–Trinajstić information content (AvgIpc) is 2.05. The molecule has 1 rings (SSSR count). The first kappa shape index (κ1) is 7.85. The van der Waals surface area contributed by atoms with Gasteiger partial charge < -0.3 is 10.2 Å². The number of rotatable bonds is 2. The van der Waals surface area contributed by atoms with Crippen LogP contribution in [0.4, 0.5) is 0 Å². The fourth-order valence-corrected chi connectivity index (χ4v) is 1.06. The number of nitrogens with zero attached hydrogens (tertiary/aromatic N) is 2. The van der Waals surface area contributed by atoms with Crippen molar-refractivity contribution in [3.05, 3.63) is 24.6 Å². The Hall–Kier alpha value is -1.25. The van der Waals surface area contributed by atoms with Crippen molar-refractivity contribution in [2.24, 2.45) is 4.99 Å². The molecule has 0 spiro atoms. The molecule has 0 aromatic heterocycles. The van der Waals surface area contributed by atoms with Crippen LogP contribution in [-0.4, -0.2) is 31.4 Å². The third-order valence-corrected chi connectivity index (χ3v) is 1.68.